The third kappa shape index (κ3) is 3.76. The van der Waals surface area contributed by atoms with Crippen LogP contribution in [0.15, 0.2) is 5.38 Å². The molecule has 0 radical (unpaired) electrons. The van der Waals surface area contributed by atoms with Gasteiger partial charge in [0.25, 0.3) is 5.91 Å². The molecule has 1 heterocycles. The number of carbonyl (C=O) groups is 2. The van der Waals surface area contributed by atoms with E-state index in [1.54, 1.807) is 6.92 Å². The molecule has 1 unspecified atom stereocenters. The molecule has 5 N–H and O–H groups in total. The molecule has 100 valence electrons. The third-order valence-corrected chi connectivity index (χ3v) is 3.21. The highest BCUT2D eigenvalue weighted by Gasteiger charge is 2.21. The molecule has 0 fully saturated rings. The summed E-state index contributed by atoms with van der Waals surface area (Å²) in [6.45, 7) is 1.42. The highest BCUT2D eigenvalue weighted by Crippen LogP contribution is 2.15. The van der Waals surface area contributed by atoms with Crippen LogP contribution in [0.2, 0.25) is 0 Å². The van der Waals surface area contributed by atoms with Crippen molar-refractivity contribution < 1.29 is 19.8 Å². The third-order valence-electron chi connectivity index (χ3n) is 2.17. The maximum Gasteiger partial charge on any atom is 0.326 e. The number of thiazole rings is 1. The Morgan fingerprint density at radius 3 is 2.72 bits per heavy atom. The van der Waals surface area contributed by atoms with Gasteiger partial charge in [0.1, 0.15) is 16.7 Å². The maximum absolute atomic E-state index is 11.7. The van der Waals surface area contributed by atoms with Gasteiger partial charge in [-0.1, -0.05) is 0 Å². The number of carboxylic acids is 1. The standard InChI is InChI=1S/C10H15N3O4S/c1-5(11)9-13-7(4-18-9)8(15)12-6(2-3-14)10(16)17/h4-6,14H,2-3,11H2,1H3,(H,12,15)(H,16,17)/t5?,6-/m0/s1. The Balaban J connectivity index is 2.71. The molecule has 1 aromatic heterocycles. The van der Waals surface area contributed by atoms with E-state index in [0.29, 0.717) is 5.01 Å². The first-order chi connectivity index (χ1) is 8.45. The van der Waals surface area contributed by atoms with Gasteiger partial charge in [-0.15, -0.1) is 11.3 Å². The number of aliphatic carboxylic acids is 1. The van der Waals surface area contributed by atoms with Crippen molar-refractivity contribution in [2.24, 2.45) is 5.73 Å². The number of rotatable bonds is 6. The number of nitrogens with zero attached hydrogens (tertiary/aromatic N) is 1. The molecule has 1 aromatic rings. The minimum Gasteiger partial charge on any atom is -0.480 e. The zero-order valence-electron chi connectivity index (χ0n) is 9.79. The smallest absolute Gasteiger partial charge is 0.326 e. The highest BCUT2D eigenvalue weighted by atomic mass is 32.1. The number of carbonyl (C=O) groups excluding carboxylic acids is 1. The monoisotopic (exact) mass is 273 g/mol. The molecular formula is C10H15N3O4S. The Bertz CT molecular complexity index is 433. The quantitative estimate of drug-likeness (QED) is 0.565. The van der Waals surface area contributed by atoms with Crippen molar-refractivity contribution in [3.05, 3.63) is 16.1 Å². The molecule has 7 nitrogen and oxygen atoms in total. The summed E-state index contributed by atoms with van der Waals surface area (Å²) in [5.74, 6) is -1.78. The average molecular weight is 273 g/mol. The summed E-state index contributed by atoms with van der Waals surface area (Å²) in [6, 6.07) is -1.40. The fourth-order valence-electron chi connectivity index (χ4n) is 1.22. The van der Waals surface area contributed by atoms with Crippen molar-refractivity contribution >= 4 is 23.2 Å². The van der Waals surface area contributed by atoms with E-state index in [1.807, 2.05) is 0 Å². The van der Waals surface area contributed by atoms with E-state index >= 15 is 0 Å². The number of aromatic nitrogens is 1. The van der Waals surface area contributed by atoms with Crippen molar-refractivity contribution in [3.63, 3.8) is 0 Å². The molecule has 0 aromatic carbocycles. The molecule has 18 heavy (non-hydrogen) atoms. The van der Waals surface area contributed by atoms with Crippen LogP contribution in [0.4, 0.5) is 0 Å². The van der Waals surface area contributed by atoms with E-state index in [1.165, 1.54) is 16.7 Å². The van der Waals surface area contributed by atoms with Crippen LogP contribution in [-0.2, 0) is 4.79 Å². The number of aliphatic hydroxyl groups is 1. The Hall–Kier alpha value is -1.51. The number of nitrogens with one attached hydrogen (secondary N) is 1. The van der Waals surface area contributed by atoms with Crippen molar-refractivity contribution in [2.75, 3.05) is 6.61 Å². The minimum atomic E-state index is -1.19. The summed E-state index contributed by atoms with van der Waals surface area (Å²) < 4.78 is 0. The summed E-state index contributed by atoms with van der Waals surface area (Å²) in [5, 5.41) is 21.9. The van der Waals surface area contributed by atoms with E-state index in [-0.39, 0.29) is 24.8 Å². The predicted octanol–water partition coefficient (Wildman–Crippen LogP) is -0.272. The van der Waals surface area contributed by atoms with Crippen LogP contribution in [0.1, 0.15) is 34.9 Å². The van der Waals surface area contributed by atoms with Gasteiger partial charge in [0.15, 0.2) is 0 Å². The van der Waals surface area contributed by atoms with E-state index in [4.69, 9.17) is 15.9 Å². The van der Waals surface area contributed by atoms with Gasteiger partial charge in [-0.2, -0.15) is 0 Å². The molecule has 0 spiro atoms. The van der Waals surface area contributed by atoms with Gasteiger partial charge >= 0.3 is 5.97 Å². The zero-order valence-corrected chi connectivity index (χ0v) is 10.6. The van der Waals surface area contributed by atoms with Gasteiger partial charge < -0.3 is 21.3 Å². The van der Waals surface area contributed by atoms with E-state index in [0.717, 1.165) is 0 Å². The topological polar surface area (TPSA) is 126 Å². The van der Waals surface area contributed by atoms with Crippen LogP contribution in [0.5, 0.6) is 0 Å². The van der Waals surface area contributed by atoms with Crippen molar-refractivity contribution in [2.45, 2.75) is 25.4 Å². The maximum atomic E-state index is 11.7. The summed E-state index contributed by atoms with van der Waals surface area (Å²) in [7, 11) is 0. The lowest BCUT2D eigenvalue weighted by Gasteiger charge is -2.11. The second kappa shape index (κ2) is 6.43. The summed E-state index contributed by atoms with van der Waals surface area (Å²) in [5.41, 5.74) is 5.75. The molecule has 0 aliphatic heterocycles. The Labute approximate surface area is 108 Å². The van der Waals surface area contributed by atoms with Gasteiger partial charge in [-0.05, 0) is 6.92 Å². The SMILES string of the molecule is CC(N)c1nc(C(=O)N[C@@H](CCO)C(=O)O)cs1. The van der Waals surface area contributed by atoms with Crippen molar-refractivity contribution in [1.82, 2.24) is 10.3 Å². The number of carboxylic acid groups (broad SMARTS) is 1. The first-order valence-corrected chi connectivity index (χ1v) is 6.19. The van der Waals surface area contributed by atoms with Crippen LogP contribution >= 0.6 is 11.3 Å². The van der Waals surface area contributed by atoms with Gasteiger partial charge in [-0.3, -0.25) is 4.79 Å². The average Bonchev–Trinajstić information content (AvgIpc) is 2.77. The fourth-order valence-corrected chi connectivity index (χ4v) is 1.98. The molecule has 1 amide bonds. The van der Waals surface area contributed by atoms with Crippen LogP contribution < -0.4 is 11.1 Å². The molecule has 0 saturated heterocycles. The molecule has 0 saturated carbocycles. The summed E-state index contributed by atoms with van der Waals surface area (Å²) in [4.78, 5) is 26.5. The molecule has 8 heteroatoms. The summed E-state index contributed by atoms with van der Waals surface area (Å²) >= 11 is 1.24. The lowest BCUT2D eigenvalue weighted by molar-refractivity contribution is -0.139. The normalized spacial score (nSPS) is 13.9. The molecule has 0 aliphatic rings. The first kappa shape index (κ1) is 14.6. The highest BCUT2D eigenvalue weighted by molar-refractivity contribution is 7.09. The minimum absolute atomic E-state index is 0.0502. The number of hydrogen-bond acceptors (Lipinski definition) is 6. The fraction of sp³-hybridized carbons (Fsp3) is 0.500. The van der Waals surface area contributed by atoms with Gasteiger partial charge in [0.05, 0.1) is 6.04 Å². The Morgan fingerprint density at radius 2 is 2.28 bits per heavy atom. The second-order valence-electron chi connectivity index (χ2n) is 3.74. The van der Waals surface area contributed by atoms with E-state index in [9.17, 15) is 9.59 Å². The zero-order chi connectivity index (χ0) is 13.7. The van der Waals surface area contributed by atoms with Crippen LogP contribution in [-0.4, -0.2) is 39.7 Å². The summed E-state index contributed by atoms with van der Waals surface area (Å²) in [6.07, 6.45) is -0.0502. The molecule has 0 aliphatic carbocycles. The van der Waals surface area contributed by atoms with Crippen molar-refractivity contribution in [1.29, 1.82) is 0 Å². The van der Waals surface area contributed by atoms with E-state index in [2.05, 4.69) is 10.3 Å². The molecule has 0 bridgehead atoms. The van der Waals surface area contributed by atoms with Gasteiger partial charge in [0, 0.05) is 18.4 Å². The number of aliphatic hydroxyl groups excluding tert-OH is 1. The number of nitrogens with two attached hydrogens (primary N) is 1. The van der Waals surface area contributed by atoms with Crippen LogP contribution in [0, 0.1) is 0 Å². The van der Waals surface area contributed by atoms with Gasteiger partial charge in [0.2, 0.25) is 0 Å². The largest absolute Gasteiger partial charge is 0.480 e. The number of hydrogen-bond donors (Lipinski definition) is 4. The molecule has 1 rings (SSSR count). The second-order valence-corrected chi connectivity index (χ2v) is 4.63. The van der Waals surface area contributed by atoms with Crippen LogP contribution in [0.25, 0.3) is 0 Å². The molecular weight excluding hydrogens is 258 g/mol. The lowest BCUT2D eigenvalue weighted by atomic mass is 10.2. The van der Waals surface area contributed by atoms with Crippen molar-refractivity contribution in [3.8, 4) is 0 Å². The van der Waals surface area contributed by atoms with Gasteiger partial charge in [-0.25, -0.2) is 9.78 Å². The molecule has 2 atom stereocenters. The Morgan fingerprint density at radius 1 is 1.61 bits per heavy atom. The van der Waals surface area contributed by atoms with E-state index < -0.39 is 17.9 Å². The first-order valence-electron chi connectivity index (χ1n) is 5.31. The Kier molecular flexibility index (Phi) is 5.20. The predicted molar refractivity (Wildman–Crippen MR) is 65.3 cm³/mol. The lowest BCUT2D eigenvalue weighted by Crippen LogP contribution is -2.41. The number of amides is 1. The van der Waals surface area contributed by atoms with Crippen LogP contribution in [0.3, 0.4) is 0 Å².